The summed E-state index contributed by atoms with van der Waals surface area (Å²) in [5.74, 6) is 0. The molecule has 0 aliphatic rings. The largest absolute Gasteiger partial charge is 0.372 e. The molecule has 0 aliphatic heterocycles. The van der Waals surface area contributed by atoms with Crippen molar-refractivity contribution in [3.8, 4) is 17.2 Å². The van der Waals surface area contributed by atoms with E-state index in [-0.39, 0.29) is 0 Å². The van der Waals surface area contributed by atoms with E-state index in [1.165, 1.54) is 16.5 Å². The molecule has 0 aliphatic carbocycles. The van der Waals surface area contributed by atoms with Gasteiger partial charge in [-0.05, 0) is 54.4 Å². The van der Waals surface area contributed by atoms with E-state index in [4.69, 9.17) is 0 Å². The van der Waals surface area contributed by atoms with Gasteiger partial charge in [0, 0.05) is 36.7 Å². The molecule has 0 saturated heterocycles. The van der Waals surface area contributed by atoms with Crippen LogP contribution in [-0.2, 0) is 0 Å². The Hall–Kier alpha value is -2.86. The zero-order valence-electron chi connectivity index (χ0n) is 13.5. The number of hydrogen-bond acceptors (Lipinski definition) is 3. The molecule has 3 heteroatoms. The Morgan fingerprint density at radius 1 is 1.00 bits per heavy atom. The zero-order chi connectivity index (χ0) is 16.2. The highest BCUT2D eigenvalue weighted by atomic mass is 15.1. The maximum Gasteiger partial charge on any atom is 0.101 e. The second kappa shape index (κ2) is 6.50. The zero-order valence-corrected chi connectivity index (χ0v) is 13.5. The number of aromatic nitrogens is 1. The summed E-state index contributed by atoms with van der Waals surface area (Å²) in [6.45, 7) is 6.35. The summed E-state index contributed by atoms with van der Waals surface area (Å²) >= 11 is 0. The van der Waals surface area contributed by atoms with E-state index in [1.807, 2.05) is 6.07 Å². The fourth-order valence-corrected chi connectivity index (χ4v) is 2.92. The standard InChI is InChI=1S/C20H19N3/c1-3-23(4-2)19-8-7-15-11-17(6-5-16(15)12-19)20-9-10-22-14-18(20)13-21/h5-12,14H,3-4H2,1-2H3. The fourth-order valence-electron chi connectivity index (χ4n) is 2.92. The minimum atomic E-state index is 0.603. The summed E-state index contributed by atoms with van der Waals surface area (Å²) in [6, 6.07) is 17.0. The molecule has 3 nitrogen and oxygen atoms in total. The quantitative estimate of drug-likeness (QED) is 0.706. The van der Waals surface area contributed by atoms with Gasteiger partial charge in [0.2, 0.25) is 0 Å². The smallest absolute Gasteiger partial charge is 0.101 e. The van der Waals surface area contributed by atoms with E-state index < -0.39 is 0 Å². The molecule has 0 bridgehead atoms. The van der Waals surface area contributed by atoms with Crippen molar-refractivity contribution in [1.29, 1.82) is 5.26 Å². The van der Waals surface area contributed by atoms with Crippen molar-refractivity contribution in [2.45, 2.75) is 13.8 Å². The SMILES string of the molecule is CCN(CC)c1ccc2cc(-c3ccncc3C#N)ccc2c1. The first-order valence-electron chi connectivity index (χ1n) is 7.90. The van der Waals surface area contributed by atoms with Crippen molar-refractivity contribution >= 4 is 16.5 Å². The van der Waals surface area contributed by atoms with Crippen LogP contribution in [0.25, 0.3) is 21.9 Å². The molecule has 1 aromatic heterocycles. The predicted molar refractivity (Wildman–Crippen MR) is 95.5 cm³/mol. The Morgan fingerprint density at radius 3 is 2.48 bits per heavy atom. The second-order valence-electron chi connectivity index (χ2n) is 5.45. The molecule has 0 spiro atoms. The van der Waals surface area contributed by atoms with Gasteiger partial charge >= 0.3 is 0 Å². The number of pyridine rings is 1. The van der Waals surface area contributed by atoms with E-state index >= 15 is 0 Å². The van der Waals surface area contributed by atoms with E-state index in [9.17, 15) is 5.26 Å². The molecule has 114 valence electrons. The lowest BCUT2D eigenvalue weighted by Gasteiger charge is -2.21. The average molecular weight is 301 g/mol. The van der Waals surface area contributed by atoms with Crippen molar-refractivity contribution in [2.75, 3.05) is 18.0 Å². The summed E-state index contributed by atoms with van der Waals surface area (Å²) in [5.41, 5.74) is 3.83. The van der Waals surface area contributed by atoms with Gasteiger partial charge in [0.15, 0.2) is 0 Å². The first kappa shape index (κ1) is 15.1. The van der Waals surface area contributed by atoms with Gasteiger partial charge in [-0.2, -0.15) is 5.26 Å². The van der Waals surface area contributed by atoms with Crippen LogP contribution in [0.1, 0.15) is 19.4 Å². The summed E-state index contributed by atoms with van der Waals surface area (Å²) in [7, 11) is 0. The Bertz CT molecular complexity index is 873. The third kappa shape index (κ3) is 2.89. The highest BCUT2D eigenvalue weighted by Crippen LogP contribution is 2.28. The fraction of sp³-hybridized carbons (Fsp3) is 0.200. The predicted octanol–water partition coefficient (Wildman–Crippen LogP) is 4.62. The van der Waals surface area contributed by atoms with Gasteiger partial charge in [-0.25, -0.2) is 0 Å². The average Bonchev–Trinajstić information content (AvgIpc) is 2.62. The van der Waals surface area contributed by atoms with Crippen LogP contribution in [0.3, 0.4) is 0 Å². The minimum absolute atomic E-state index is 0.603. The van der Waals surface area contributed by atoms with Gasteiger partial charge in [0.05, 0.1) is 5.56 Å². The highest BCUT2D eigenvalue weighted by molar-refractivity contribution is 5.90. The third-order valence-corrected chi connectivity index (χ3v) is 4.20. The van der Waals surface area contributed by atoms with Crippen molar-refractivity contribution in [1.82, 2.24) is 4.98 Å². The lowest BCUT2D eigenvalue weighted by Crippen LogP contribution is -2.21. The minimum Gasteiger partial charge on any atom is -0.372 e. The Balaban J connectivity index is 2.07. The number of benzene rings is 2. The number of rotatable bonds is 4. The monoisotopic (exact) mass is 301 g/mol. The molecule has 23 heavy (non-hydrogen) atoms. The van der Waals surface area contributed by atoms with E-state index in [1.54, 1.807) is 12.4 Å². The lowest BCUT2D eigenvalue weighted by molar-refractivity contribution is 0.867. The van der Waals surface area contributed by atoms with E-state index in [0.29, 0.717) is 5.56 Å². The molecule has 0 radical (unpaired) electrons. The van der Waals surface area contributed by atoms with Crippen molar-refractivity contribution in [3.05, 3.63) is 60.4 Å². The number of hydrogen-bond donors (Lipinski definition) is 0. The molecule has 0 fully saturated rings. The summed E-state index contributed by atoms with van der Waals surface area (Å²) in [4.78, 5) is 6.36. The molecule has 0 unspecified atom stereocenters. The summed E-state index contributed by atoms with van der Waals surface area (Å²) in [6.07, 6.45) is 3.34. The molecule has 1 heterocycles. The molecular formula is C20H19N3. The van der Waals surface area contributed by atoms with Crippen LogP contribution in [-0.4, -0.2) is 18.1 Å². The molecule has 0 N–H and O–H groups in total. The molecule has 0 atom stereocenters. The molecular weight excluding hydrogens is 282 g/mol. The van der Waals surface area contributed by atoms with Crippen molar-refractivity contribution in [3.63, 3.8) is 0 Å². The van der Waals surface area contributed by atoms with Crippen LogP contribution in [0.5, 0.6) is 0 Å². The van der Waals surface area contributed by atoms with Gasteiger partial charge in [-0.3, -0.25) is 4.98 Å². The number of nitrogens with zero attached hydrogens (tertiary/aromatic N) is 3. The normalized spacial score (nSPS) is 10.5. The first-order valence-corrected chi connectivity index (χ1v) is 7.90. The van der Waals surface area contributed by atoms with Gasteiger partial charge in [0.1, 0.15) is 6.07 Å². The molecule has 0 saturated carbocycles. The lowest BCUT2D eigenvalue weighted by atomic mass is 9.99. The summed E-state index contributed by atoms with van der Waals surface area (Å²) < 4.78 is 0. The number of anilines is 1. The van der Waals surface area contributed by atoms with E-state index in [0.717, 1.165) is 24.2 Å². The van der Waals surface area contributed by atoms with E-state index in [2.05, 4.69) is 66.2 Å². The van der Waals surface area contributed by atoms with Crippen LogP contribution in [0.2, 0.25) is 0 Å². The van der Waals surface area contributed by atoms with Crippen LogP contribution < -0.4 is 4.90 Å². The first-order chi connectivity index (χ1) is 11.3. The highest BCUT2D eigenvalue weighted by Gasteiger charge is 2.07. The van der Waals surface area contributed by atoms with Gasteiger partial charge in [0.25, 0.3) is 0 Å². The molecule has 0 amide bonds. The second-order valence-corrected chi connectivity index (χ2v) is 5.45. The van der Waals surface area contributed by atoms with Gasteiger partial charge in [-0.15, -0.1) is 0 Å². The van der Waals surface area contributed by atoms with Crippen LogP contribution in [0, 0.1) is 11.3 Å². The number of fused-ring (bicyclic) bond motifs is 1. The summed E-state index contributed by atoms with van der Waals surface area (Å²) in [5, 5.41) is 11.6. The third-order valence-electron chi connectivity index (χ3n) is 4.20. The van der Waals surface area contributed by atoms with Gasteiger partial charge < -0.3 is 4.90 Å². The number of nitriles is 1. The molecule has 3 rings (SSSR count). The van der Waals surface area contributed by atoms with Crippen molar-refractivity contribution < 1.29 is 0 Å². The Morgan fingerprint density at radius 2 is 1.74 bits per heavy atom. The molecule has 2 aromatic carbocycles. The maximum atomic E-state index is 9.25. The van der Waals surface area contributed by atoms with Crippen LogP contribution in [0.15, 0.2) is 54.9 Å². The van der Waals surface area contributed by atoms with Crippen molar-refractivity contribution in [2.24, 2.45) is 0 Å². The maximum absolute atomic E-state index is 9.25. The molecule has 3 aromatic rings. The van der Waals surface area contributed by atoms with Crippen LogP contribution in [0.4, 0.5) is 5.69 Å². The topological polar surface area (TPSA) is 39.9 Å². The Kier molecular flexibility index (Phi) is 4.25. The van der Waals surface area contributed by atoms with Gasteiger partial charge in [-0.1, -0.05) is 18.2 Å². The van der Waals surface area contributed by atoms with Crippen LogP contribution >= 0.6 is 0 Å². The Labute approximate surface area is 136 Å².